The molecular formula is C28H35NO6. The Hall–Kier alpha value is -3.35. The summed E-state index contributed by atoms with van der Waals surface area (Å²) in [6, 6.07) is 15.2. The van der Waals surface area contributed by atoms with Gasteiger partial charge in [0.15, 0.2) is 6.10 Å². The lowest BCUT2D eigenvalue weighted by atomic mass is 9.98. The van der Waals surface area contributed by atoms with E-state index in [0.717, 1.165) is 22.3 Å². The first-order chi connectivity index (χ1) is 16.7. The number of nitrogens with one attached hydrogen (secondary N) is 1. The molecule has 0 heterocycles. The van der Waals surface area contributed by atoms with Crippen LogP contribution in [0.15, 0.2) is 48.5 Å². The largest absolute Gasteiger partial charge is 0.463 e. The molecule has 0 spiro atoms. The number of carbonyl (C=O) groups is 3. The van der Waals surface area contributed by atoms with Crippen molar-refractivity contribution in [1.82, 2.24) is 5.32 Å². The van der Waals surface area contributed by atoms with Crippen LogP contribution in [-0.2, 0) is 23.8 Å². The number of carbonyl (C=O) groups excluding carboxylic acids is 3. The molecule has 7 heteroatoms. The van der Waals surface area contributed by atoms with E-state index in [2.05, 4.69) is 17.4 Å². The third kappa shape index (κ3) is 6.41. The minimum Gasteiger partial charge on any atom is -0.463 e. The Morgan fingerprint density at radius 3 is 1.94 bits per heavy atom. The van der Waals surface area contributed by atoms with Crippen molar-refractivity contribution in [2.75, 3.05) is 13.2 Å². The molecular weight excluding hydrogens is 446 g/mol. The lowest BCUT2D eigenvalue weighted by Crippen LogP contribution is -2.47. The first kappa shape index (κ1) is 26.3. The maximum Gasteiger partial charge on any atom is 0.407 e. The first-order valence-electron chi connectivity index (χ1n) is 12.2. The molecule has 2 aromatic carbocycles. The first-order valence-corrected chi connectivity index (χ1v) is 12.2. The van der Waals surface area contributed by atoms with Gasteiger partial charge >= 0.3 is 18.0 Å². The number of esters is 2. The standard InChI is InChI=1S/C28H35NO6/c1-6-33-26(30)24(15-17(2)3)35-27(31)25(18(4)5)29-28(32)34-16-23-21-13-9-7-11-19(21)20-12-8-10-14-22(20)23/h7-14,17-18,23-25H,6,15-16H2,1-5H3,(H,29,32)/t24-,25+/m1/s1. The van der Waals surface area contributed by atoms with Gasteiger partial charge in [0, 0.05) is 5.92 Å². The topological polar surface area (TPSA) is 90.9 Å². The van der Waals surface area contributed by atoms with Gasteiger partial charge in [-0.1, -0.05) is 76.2 Å². The van der Waals surface area contributed by atoms with Gasteiger partial charge in [-0.2, -0.15) is 0 Å². The molecule has 2 aromatic rings. The molecule has 0 fully saturated rings. The minimum atomic E-state index is -1.02. The molecule has 35 heavy (non-hydrogen) atoms. The van der Waals surface area contributed by atoms with E-state index in [9.17, 15) is 14.4 Å². The quantitative estimate of drug-likeness (QED) is 0.376. The number of benzene rings is 2. The van der Waals surface area contributed by atoms with Gasteiger partial charge < -0.3 is 19.5 Å². The van der Waals surface area contributed by atoms with E-state index in [-0.39, 0.29) is 31.0 Å². The molecule has 1 N–H and O–H groups in total. The summed E-state index contributed by atoms with van der Waals surface area (Å²) in [4.78, 5) is 37.9. The Kier molecular flexibility index (Phi) is 8.90. The molecule has 188 valence electrons. The van der Waals surface area contributed by atoms with E-state index in [1.807, 2.05) is 50.2 Å². The Labute approximate surface area is 207 Å². The smallest absolute Gasteiger partial charge is 0.407 e. The van der Waals surface area contributed by atoms with Gasteiger partial charge in [0.05, 0.1) is 6.61 Å². The molecule has 0 radical (unpaired) electrons. The van der Waals surface area contributed by atoms with Crippen LogP contribution in [0.3, 0.4) is 0 Å². The maximum atomic E-state index is 12.9. The molecule has 0 aromatic heterocycles. The van der Waals surface area contributed by atoms with Crippen molar-refractivity contribution in [3.05, 3.63) is 59.7 Å². The van der Waals surface area contributed by atoms with Crippen LogP contribution >= 0.6 is 0 Å². The lowest BCUT2D eigenvalue weighted by Gasteiger charge is -2.24. The van der Waals surface area contributed by atoms with Crippen LogP contribution in [0.2, 0.25) is 0 Å². The van der Waals surface area contributed by atoms with Gasteiger partial charge in [0.1, 0.15) is 12.6 Å². The highest BCUT2D eigenvalue weighted by molar-refractivity contribution is 5.85. The zero-order valence-corrected chi connectivity index (χ0v) is 21.1. The van der Waals surface area contributed by atoms with Gasteiger partial charge in [-0.3, -0.25) is 0 Å². The molecule has 0 bridgehead atoms. The molecule has 1 aliphatic rings. The average molecular weight is 482 g/mol. The molecule has 0 aliphatic heterocycles. The van der Waals surface area contributed by atoms with E-state index < -0.39 is 30.2 Å². The van der Waals surface area contributed by atoms with Crippen molar-refractivity contribution in [3.63, 3.8) is 0 Å². The molecule has 0 saturated heterocycles. The Morgan fingerprint density at radius 1 is 0.857 bits per heavy atom. The third-order valence-corrected chi connectivity index (χ3v) is 6.03. The van der Waals surface area contributed by atoms with E-state index in [4.69, 9.17) is 14.2 Å². The summed E-state index contributed by atoms with van der Waals surface area (Å²) in [5, 5.41) is 2.63. The van der Waals surface area contributed by atoms with Crippen LogP contribution in [-0.4, -0.2) is 43.4 Å². The van der Waals surface area contributed by atoms with E-state index in [1.165, 1.54) is 0 Å². The molecule has 2 atom stereocenters. The van der Waals surface area contributed by atoms with E-state index >= 15 is 0 Å². The predicted molar refractivity (Wildman–Crippen MR) is 133 cm³/mol. The number of rotatable bonds is 10. The molecule has 0 saturated carbocycles. The zero-order valence-electron chi connectivity index (χ0n) is 21.1. The molecule has 7 nitrogen and oxygen atoms in total. The van der Waals surface area contributed by atoms with Crippen LogP contribution in [0.25, 0.3) is 11.1 Å². The highest BCUT2D eigenvalue weighted by atomic mass is 16.6. The normalized spacial score (nSPS) is 14.1. The number of hydrogen-bond donors (Lipinski definition) is 1. The van der Waals surface area contributed by atoms with Crippen molar-refractivity contribution >= 4 is 18.0 Å². The number of alkyl carbamates (subject to hydrolysis) is 1. The highest BCUT2D eigenvalue weighted by Crippen LogP contribution is 2.44. The van der Waals surface area contributed by atoms with Gasteiger partial charge in [-0.05, 0) is 47.4 Å². The zero-order chi connectivity index (χ0) is 25.5. The maximum absolute atomic E-state index is 12.9. The Balaban J connectivity index is 1.65. The molecule has 1 aliphatic carbocycles. The van der Waals surface area contributed by atoms with E-state index in [0.29, 0.717) is 6.42 Å². The summed E-state index contributed by atoms with van der Waals surface area (Å²) in [7, 11) is 0. The second-order valence-electron chi connectivity index (χ2n) is 9.50. The summed E-state index contributed by atoms with van der Waals surface area (Å²) in [6.45, 7) is 9.45. The van der Waals surface area contributed by atoms with Crippen LogP contribution in [0.4, 0.5) is 4.79 Å². The van der Waals surface area contributed by atoms with Crippen molar-refractivity contribution in [1.29, 1.82) is 0 Å². The van der Waals surface area contributed by atoms with Crippen LogP contribution < -0.4 is 5.32 Å². The van der Waals surface area contributed by atoms with Crippen LogP contribution in [0.1, 0.15) is 58.1 Å². The monoisotopic (exact) mass is 481 g/mol. The SMILES string of the molecule is CCOC(=O)[C@@H](CC(C)C)OC(=O)[C@@H](NC(=O)OCC1c2ccccc2-c2ccccc21)C(C)C. The van der Waals surface area contributed by atoms with Gasteiger partial charge in [0.2, 0.25) is 0 Å². The summed E-state index contributed by atoms with van der Waals surface area (Å²) < 4.78 is 16.1. The fourth-order valence-electron chi connectivity index (χ4n) is 4.33. The van der Waals surface area contributed by atoms with Gasteiger partial charge in [-0.25, -0.2) is 14.4 Å². The van der Waals surface area contributed by atoms with Gasteiger partial charge in [0.25, 0.3) is 0 Å². The molecule has 1 amide bonds. The highest BCUT2D eigenvalue weighted by Gasteiger charge is 2.33. The number of fused-ring (bicyclic) bond motifs is 3. The molecule has 3 rings (SSSR count). The number of ether oxygens (including phenoxy) is 3. The fraction of sp³-hybridized carbons (Fsp3) is 0.464. The Bertz CT molecular complexity index is 1000. The number of hydrogen-bond acceptors (Lipinski definition) is 6. The van der Waals surface area contributed by atoms with Gasteiger partial charge in [-0.15, -0.1) is 0 Å². The Morgan fingerprint density at radius 2 is 1.43 bits per heavy atom. The summed E-state index contributed by atoms with van der Waals surface area (Å²) in [6.07, 6.45) is -1.40. The van der Waals surface area contributed by atoms with Crippen molar-refractivity contribution in [2.24, 2.45) is 11.8 Å². The minimum absolute atomic E-state index is 0.0863. The number of amides is 1. The third-order valence-electron chi connectivity index (χ3n) is 6.03. The summed E-state index contributed by atoms with van der Waals surface area (Å²) in [5.74, 6) is -1.52. The van der Waals surface area contributed by atoms with Crippen LogP contribution in [0.5, 0.6) is 0 Å². The van der Waals surface area contributed by atoms with Crippen LogP contribution in [0, 0.1) is 11.8 Å². The summed E-state index contributed by atoms with van der Waals surface area (Å²) >= 11 is 0. The average Bonchev–Trinajstić information content (AvgIpc) is 3.14. The fourth-order valence-corrected chi connectivity index (χ4v) is 4.33. The molecule has 0 unspecified atom stereocenters. The van der Waals surface area contributed by atoms with Crippen molar-refractivity contribution in [3.8, 4) is 11.1 Å². The summed E-state index contributed by atoms with van der Waals surface area (Å²) in [5.41, 5.74) is 4.48. The second-order valence-corrected chi connectivity index (χ2v) is 9.50. The van der Waals surface area contributed by atoms with E-state index in [1.54, 1.807) is 20.8 Å². The van der Waals surface area contributed by atoms with Crippen molar-refractivity contribution < 1.29 is 28.6 Å². The lowest BCUT2D eigenvalue weighted by molar-refractivity contribution is -0.170. The van der Waals surface area contributed by atoms with Crippen molar-refractivity contribution in [2.45, 2.75) is 59.1 Å². The second kappa shape index (κ2) is 11.9. The predicted octanol–water partition coefficient (Wildman–Crippen LogP) is 5.07.